The molecule has 0 N–H and O–H groups in total. The number of ether oxygens (including phenoxy) is 2. The number of rotatable bonds is 7. The summed E-state index contributed by atoms with van der Waals surface area (Å²) in [6.45, 7) is 3.09. The van der Waals surface area contributed by atoms with E-state index in [1.54, 1.807) is 0 Å². The predicted octanol–water partition coefficient (Wildman–Crippen LogP) is 4.78. The lowest BCUT2D eigenvalue weighted by molar-refractivity contribution is -0.131. The van der Waals surface area contributed by atoms with Gasteiger partial charge in [-0.15, -0.1) is 0 Å². The van der Waals surface area contributed by atoms with Crippen molar-refractivity contribution in [3.63, 3.8) is 0 Å². The minimum Gasteiger partial charge on any atom is -0.459 e. The van der Waals surface area contributed by atoms with Crippen LogP contribution in [0.15, 0.2) is 9.84 Å². The van der Waals surface area contributed by atoms with Crippen molar-refractivity contribution in [3.8, 4) is 0 Å². The molecule has 0 amide bonds. The Labute approximate surface area is 113 Å². The lowest BCUT2D eigenvalue weighted by Crippen LogP contribution is -2.21. The van der Waals surface area contributed by atoms with Gasteiger partial charge in [-0.2, -0.15) is 0 Å². The zero-order valence-corrected chi connectivity index (χ0v) is 12.4. The van der Waals surface area contributed by atoms with Gasteiger partial charge in [0.05, 0.1) is 6.61 Å². The van der Waals surface area contributed by atoms with Gasteiger partial charge in [0.2, 0.25) is 0 Å². The van der Waals surface area contributed by atoms with Crippen LogP contribution in [-0.2, 0) is 9.47 Å². The third-order valence-electron chi connectivity index (χ3n) is 2.74. The van der Waals surface area contributed by atoms with Gasteiger partial charge in [-0.3, -0.25) is 0 Å². The zero-order valence-electron chi connectivity index (χ0n) is 10.2. The fourth-order valence-electron chi connectivity index (χ4n) is 1.76. The summed E-state index contributed by atoms with van der Waals surface area (Å²) in [7, 11) is 0. The molecule has 0 aromatic carbocycles. The Kier molecular flexibility index (Phi) is 8.29. The fraction of sp³-hybridized carbons (Fsp3) is 0.846. The zero-order chi connectivity index (χ0) is 11.6. The first-order chi connectivity index (χ1) is 7.83. The molecule has 2 nitrogen and oxygen atoms in total. The molecule has 1 aliphatic rings. The molecule has 1 fully saturated rings. The van der Waals surface area contributed by atoms with E-state index in [1.807, 2.05) is 0 Å². The Bertz CT molecular complexity index is 198. The van der Waals surface area contributed by atoms with Crippen molar-refractivity contribution in [2.24, 2.45) is 0 Å². The molecule has 0 aliphatic carbocycles. The quantitative estimate of drug-likeness (QED) is 0.378. The number of hydrogen-bond acceptors (Lipinski definition) is 2. The molecule has 0 radical (unpaired) electrons. The molecule has 1 atom stereocenters. The first kappa shape index (κ1) is 14.3. The molecule has 94 valence electrons. The van der Waals surface area contributed by atoms with E-state index in [0.29, 0.717) is 0 Å². The maximum Gasteiger partial charge on any atom is 0.200 e. The van der Waals surface area contributed by atoms with Crippen molar-refractivity contribution in [2.45, 2.75) is 64.6 Å². The lowest BCUT2D eigenvalue weighted by Gasteiger charge is -2.23. The van der Waals surface area contributed by atoms with Crippen LogP contribution in [0.1, 0.15) is 58.3 Å². The molecule has 1 saturated heterocycles. The second kappa shape index (κ2) is 9.28. The Morgan fingerprint density at radius 3 is 2.94 bits per heavy atom. The lowest BCUT2D eigenvalue weighted by atomic mass is 10.1. The summed E-state index contributed by atoms with van der Waals surface area (Å²) in [5.74, 6) is 0. The highest BCUT2D eigenvalue weighted by Gasteiger charge is 2.14. The molecular formula is C13H23IO2. The molecular weight excluding hydrogens is 315 g/mol. The summed E-state index contributed by atoms with van der Waals surface area (Å²) in [6.07, 6.45) is 12.0. The Balaban J connectivity index is 2.07. The first-order valence-corrected chi connectivity index (χ1v) is 7.54. The van der Waals surface area contributed by atoms with Crippen LogP contribution >= 0.6 is 22.6 Å². The van der Waals surface area contributed by atoms with Crippen molar-refractivity contribution < 1.29 is 9.47 Å². The summed E-state index contributed by atoms with van der Waals surface area (Å²) in [5, 5.41) is 0. The molecule has 0 saturated carbocycles. The van der Waals surface area contributed by atoms with Crippen molar-refractivity contribution in [1.29, 1.82) is 0 Å². The molecule has 0 aromatic rings. The molecule has 0 bridgehead atoms. The minimum absolute atomic E-state index is 0.00698. The second-order valence-corrected chi connectivity index (χ2v) is 5.33. The Morgan fingerprint density at radius 1 is 1.38 bits per heavy atom. The summed E-state index contributed by atoms with van der Waals surface area (Å²) < 4.78 is 12.2. The standard InChI is InChI=1S/C13H23IO2/c1-2-3-4-5-6-9-12(14)16-13-10-7-8-11-15-13/h9,13H,2-8,10-11H2,1H3/b12-9-. The van der Waals surface area contributed by atoms with E-state index in [2.05, 4.69) is 35.6 Å². The van der Waals surface area contributed by atoms with E-state index in [4.69, 9.17) is 9.47 Å². The van der Waals surface area contributed by atoms with Gasteiger partial charge in [0.25, 0.3) is 0 Å². The van der Waals surface area contributed by atoms with Gasteiger partial charge in [-0.25, -0.2) is 0 Å². The summed E-state index contributed by atoms with van der Waals surface area (Å²) >= 11 is 2.26. The maximum atomic E-state index is 5.72. The van der Waals surface area contributed by atoms with Gasteiger partial charge < -0.3 is 9.47 Å². The van der Waals surface area contributed by atoms with E-state index >= 15 is 0 Å². The van der Waals surface area contributed by atoms with Gasteiger partial charge in [0, 0.05) is 6.42 Å². The van der Waals surface area contributed by atoms with Crippen molar-refractivity contribution in [2.75, 3.05) is 6.61 Å². The van der Waals surface area contributed by atoms with Crippen LogP contribution in [0.25, 0.3) is 0 Å². The van der Waals surface area contributed by atoms with Crippen LogP contribution in [0.2, 0.25) is 0 Å². The summed E-state index contributed by atoms with van der Waals surface area (Å²) in [6, 6.07) is 0. The van der Waals surface area contributed by atoms with Crippen LogP contribution in [0, 0.1) is 0 Å². The van der Waals surface area contributed by atoms with Crippen LogP contribution in [0.3, 0.4) is 0 Å². The predicted molar refractivity (Wildman–Crippen MR) is 75.5 cm³/mol. The van der Waals surface area contributed by atoms with Gasteiger partial charge in [0.15, 0.2) is 10.1 Å². The van der Waals surface area contributed by atoms with E-state index < -0.39 is 0 Å². The normalized spacial score (nSPS) is 22.1. The third kappa shape index (κ3) is 6.74. The minimum atomic E-state index is 0.00698. The van der Waals surface area contributed by atoms with E-state index in [1.165, 1.54) is 38.5 Å². The Morgan fingerprint density at radius 2 is 2.25 bits per heavy atom. The highest BCUT2D eigenvalue weighted by Crippen LogP contribution is 2.20. The van der Waals surface area contributed by atoms with Gasteiger partial charge in [-0.1, -0.05) is 26.2 Å². The fourth-order valence-corrected chi connectivity index (χ4v) is 2.36. The molecule has 1 heterocycles. The molecule has 0 spiro atoms. The first-order valence-electron chi connectivity index (χ1n) is 6.47. The average Bonchev–Trinajstić information content (AvgIpc) is 2.30. The summed E-state index contributed by atoms with van der Waals surface area (Å²) in [4.78, 5) is 0. The molecule has 1 aliphatic heterocycles. The molecule has 1 rings (SSSR count). The van der Waals surface area contributed by atoms with Crippen molar-refractivity contribution in [1.82, 2.24) is 0 Å². The van der Waals surface area contributed by atoms with Gasteiger partial charge in [0.1, 0.15) is 0 Å². The smallest absolute Gasteiger partial charge is 0.200 e. The van der Waals surface area contributed by atoms with Crippen molar-refractivity contribution in [3.05, 3.63) is 9.84 Å². The SMILES string of the molecule is CCCCCC/C=C(/I)OC1CCCCO1. The topological polar surface area (TPSA) is 18.5 Å². The highest BCUT2D eigenvalue weighted by atomic mass is 127. The molecule has 0 aromatic heterocycles. The van der Waals surface area contributed by atoms with Crippen LogP contribution in [0.4, 0.5) is 0 Å². The third-order valence-corrected chi connectivity index (χ3v) is 3.44. The number of unbranched alkanes of at least 4 members (excludes halogenated alkanes) is 4. The second-order valence-electron chi connectivity index (χ2n) is 4.27. The monoisotopic (exact) mass is 338 g/mol. The van der Waals surface area contributed by atoms with Crippen LogP contribution < -0.4 is 0 Å². The largest absolute Gasteiger partial charge is 0.459 e. The van der Waals surface area contributed by atoms with Gasteiger partial charge >= 0.3 is 0 Å². The number of allylic oxidation sites excluding steroid dienone is 1. The molecule has 3 heteroatoms. The number of halogens is 1. The van der Waals surface area contributed by atoms with E-state index in [9.17, 15) is 0 Å². The van der Waals surface area contributed by atoms with E-state index in [-0.39, 0.29) is 6.29 Å². The highest BCUT2D eigenvalue weighted by molar-refractivity contribution is 14.1. The van der Waals surface area contributed by atoms with E-state index in [0.717, 1.165) is 23.2 Å². The number of hydrogen-bond donors (Lipinski definition) is 0. The Hall–Kier alpha value is 0.230. The summed E-state index contributed by atoms with van der Waals surface area (Å²) in [5.41, 5.74) is 0. The molecule has 1 unspecified atom stereocenters. The molecule has 16 heavy (non-hydrogen) atoms. The van der Waals surface area contributed by atoms with Gasteiger partial charge in [-0.05, 0) is 54.4 Å². The maximum absolute atomic E-state index is 5.72. The van der Waals surface area contributed by atoms with Crippen LogP contribution in [0.5, 0.6) is 0 Å². The van der Waals surface area contributed by atoms with Crippen molar-refractivity contribution >= 4 is 22.6 Å². The average molecular weight is 338 g/mol. The van der Waals surface area contributed by atoms with Crippen LogP contribution in [-0.4, -0.2) is 12.9 Å².